The Kier molecular flexibility index (Phi) is 2.01. The van der Waals surface area contributed by atoms with Crippen molar-refractivity contribution in [3.8, 4) is 11.5 Å². The van der Waals surface area contributed by atoms with Gasteiger partial charge in [0.15, 0.2) is 11.5 Å². The Hall–Kier alpha value is -0.680. The number of rotatable bonds is 0. The number of hydrogen-bond donors (Lipinski definition) is 1. The predicted molar refractivity (Wildman–Crippen MR) is 64.6 cm³/mol. The monoisotopic (exact) mass is 331 g/mol. The van der Waals surface area contributed by atoms with Gasteiger partial charge in [0.1, 0.15) is 0 Å². The van der Waals surface area contributed by atoms with Crippen molar-refractivity contribution in [2.45, 2.75) is 6.92 Å². The Bertz CT molecular complexity index is 562. The summed E-state index contributed by atoms with van der Waals surface area (Å²) >= 11 is 7.07. The van der Waals surface area contributed by atoms with Gasteiger partial charge < -0.3 is 14.5 Å². The van der Waals surface area contributed by atoms with Crippen LogP contribution in [0.25, 0.3) is 10.9 Å². The van der Waals surface area contributed by atoms with Gasteiger partial charge in [0.25, 0.3) is 0 Å². The van der Waals surface area contributed by atoms with Crippen LogP contribution in [-0.2, 0) is 0 Å². The van der Waals surface area contributed by atoms with Crippen LogP contribution in [0, 0.1) is 6.92 Å². The van der Waals surface area contributed by atoms with Crippen LogP contribution in [0.15, 0.2) is 15.1 Å². The van der Waals surface area contributed by atoms with Gasteiger partial charge in [-0.3, -0.25) is 0 Å². The lowest BCUT2D eigenvalue weighted by molar-refractivity contribution is 0.173. The molecule has 0 saturated heterocycles. The molecule has 0 saturated carbocycles. The fourth-order valence-corrected chi connectivity index (χ4v) is 3.22. The second-order valence-corrected chi connectivity index (χ2v) is 5.00. The molecule has 2 heterocycles. The minimum absolute atomic E-state index is 0.276. The van der Waals surface area contributed by atoms with Gasteiger partial charge in [0.05, 0.1) is 14.5 Å². The van der Waals surface area contributed by atoms with E-state index in [-0.39, 0.29) is 6.79 Å². The first-order chi connectivity index (χ1) is 7.20. The Morgan fingerprint density at radius 1 is 1.20 bits per heavy atom. The zero-order chi connectivity index (χ0) is 10.6. The fraction of sp³-hybridized carbons (Fsp3) is 0.200. The van der Waals surface area contributed by atoms with Gasteiger partial charge in [-0.1, -0.05) is 0 Å². The van der Waals surface area contributed by atoms with Crippen LogP contribution in [0.3, 0.4) is 0 Å². The average Bonchev–Trinajstić information content (AvgIpc) is 2.80. The number of H-pyrrole nitrogens is 1. The number of halogens is 2. The molecule has 0 amide bonds. The SMILES string of the molecule is Cc1c[nH]c2c(Br)c3c(c(Br)c12)OCO3. The van der Waals surface area contributed by atoms with E-state index in [4.69, 9.17) is 9.47 Å². The molecule has 0 aliphatic carbocycles. The van der Waals surface area contributed by atoms with Crippen LogP contribution in [0.4, 0.5) is 0 Å². The molecular weight excluding hydrogens is 326 g/mol. The molecule has 15 heavy (non-hydrogen) atoms. The third-order valence-corrected chi connectivity index (χ3v) is 4.04. The molecule has 1 N–H and O–H groups in total. The highest BCUT2D eigenvalue weighted by Gasteiger charge is 2.25. The average molecular weight is 333 g/mol. The summed E-state index contributed by atoms with van der Waals surface area (Å²) in [5, 5.41) is 1.13. The molecule has 3 nitrogen and oxygen atoms in total. The lowest BCUT2D eigenvalue weighted by atomic mass is 10.2. The lowest BCUT2D eigenvalue weighted by Crippen LogP contribution is -1.93. The third kappa shape index (κ3) is 1.16. The van der Waals surface area contributed by atoms with Crippen molar-refractivity contribution in [1.82, 2.24) is 4.98 Å². The van der Waals surface area contributed by atoms with E-state index in [9.17, 15) is 0 Å². The van der Waals surface area contributed by atoms with Crippen molar-refractivity contribution >= 4 is 42.8 Å². The molecule has 0 bridgehead atoms. The molecule has 0 atom stereocenters. The predicted octanol–water partition coefficient (Wildman–Crippen LogP) is 3.73. The quantitative estimate of drug-likeness (QED) is 0.797. The molecule has 0 spiro atoms. The van der Waals surface area contributed by atoms with Gasteiger partial charge >= 0.3 is 0 Å². The zero-order valence-electron chi connectivity index (χ0n) is 7.86. The summed E-state index contributed by atoms with van der Waals surface area (Å²) in [5.74, 6) is 1.54. The summed E-state index contributed by atoms with van der Waals surface area (Å²) < 4.78 is 12.7. The highest BCUT2D eigenvalue weighted by molar-refractivity contribution is 9.11. The number of benzene rings is 1. The van der Waals surface area contributed by atoms with Crippen molar-refractivity contribution in [3.05, 3.63) is 20.7 Å². The van der Waals surface area contributed by atoms with Crippen molar-refractivity contribution in [2.75, 3.05) is 6.79 Å². The topological polar surface area (TPSA) is 34.2 Å². The maximum Gasteiger partial charge on any atom is 0.231 e. The summed E-state index contributed by atoms with van der Waals surface area (Å²) in [7, 11) is 0. The molecular formula is C10H7Br2NO2. The Morgan fingerprint density at radius 2 is 1.87 bits per heavy atom. The minimum atomic E-state index is 0.276. The largest absolute Gasteiger partial charge is 0.452 e. The highest BCUT2D eigenvalue weighted by atomic mass is 79.9. The van der Waals surface area contributed by atoms with E-state index >= 15 is 0 Å². The van der Waals surface area contributed by atoms with Gasteiger partial charge in [0.2, 0.25) is 6.79 Å². The summed E-state index contributed by atoms with van der Waals surface area (Å²) in [5.41, 5.74) is 2.21. The summed E-state index contributed by atoms with van der Waals surface area (Å²) in [6.07, 6.45) is 1.97. The lowest BCUT2D eigenvalue weighted by Gasteiger charge is -2.05. The first-order valence-electron chi connectivity index (χ1n) is 4.44. The minimum Gasteiger partial charge on any atom is -0.452 e. The standard InChI is InChI=1S/C10H7Br2NO2/c1-4-2-13-8-5(4)6(11)9-10(7(8)12)15-3-14-9/h2,13H,3H2,1H3. The first-order valence-corrected chi connectivity index (χ1v) is 6.03. The third-order valence-electron chi connectivity index (χ3n) is 2.53. The van der Waals surface area contributed by atoms with E-state index in [1.807, 2.05) is 6.20 Å². The molecule has 2 aromatic rings. The van der Waals surface area contributed by atoms with Crippen LogP contribution >= 0.6 is 31.9 Å². The van der Waals surface area contributed by atoms with E-state index in [0.29, 0.717) is 0 Å². The van der Waals surface area contributed by atoms with Crippen LogP contribution in [-0.4, -0.2) is 11.8 Å². The van der Waals surface area contributed by atoms with Gasteiger partial charge in [-0.15, -0.1) is 0 Å². The Morgan fingerprint density at radius 3 is 2.60 bits per heavy atom. The van der Waals surface area contributed by atoms with Gasteiger partial charge in [-0.25, -0.2) is 0 Å². The van der Waals surface area contributed by atoms with Crippen LogP contribution in [0.5, 0.6) is 11.5 Å². The molecule has 1 aromatic carbocycles. The number of ether oxygens (including phenoxy) is 2. The highest BCUT2D eigenvalue weighted by Crippen LogP contribution is 2.50. The van der Waals surface area contributed by atoms with Crippen molar-refractivity contribution in [2.24, 2.45) is 0 Å². The van der Waals surface area contributed by atoms with E-state index in [1.54, 1.807) is 0 Å². The maximum absolute atomic E-state index is 5.43. The molecule has 0 radical (unpaired) electrons. The molecule has 5 heteroatoms. The molecule has 78 valence electrons. The smallest absolute Gasteiger partial charge is 0.231 e. The normalized spacial score (nSPS) is 13.8. The van der Waals surface area contributed by atoms with E-state index < -0.39 is 0 Å². The number of aromatic nitrogens is 1. The number of hydrogen-bond acceptors (Lipinski definition) is 2. The van der Waals surface area contributed by atoms with Crippen LogP contribution in [0.1, 0.15) is 5.56 Å². The van der Waals surface area contributed by atoms with E-state index in [2.05, 4.69) is 43.8 Å². The van der Waals surface area contributed by atoms with E-state index in [1.165, 1.54) is 5.56 Å². The summed E-state index contributed by atoms with van der Waals surface area (Å²) in [6.45, 7) is 2.33. The van der Waals surface area contributed by atoms with Crippen molar-refractivity contribution in [1.29, 1.82) is 0 Å². The van der Waals surface area contributed by atoms with Gasteiger partial charge in [0, 0.05) is 11.6 Å². The zero-order valence-corrected chi connectivity index (χ0v) is 11.0. The second-order valence-electron chi connectivity index (χ2n) is 3.41. The number of fused-ring (bicyclic) bond motifs is 2. The molecule has 1 aliphatic rings. The summed E-state index contributed by atoms with van der Waals surface area (Å²) in [4.78, 5) is 3.21. The Balaban J connectivity index is 2.53. The van der Waals surface area contributed by atoms with Gasteiger partial charge in [-0.2, -0.15) is 0 Å². The molecule has 0 fully saturated rings. The van der Waals surface area contributed by atoms with Crippen molar-refractivity contribution < 1.29 is 9.47 Å². The Labute approximate surface area is 103 Å². The number of aryl methyl sites for hydroxylation is 1. The molecule has 3 rings (SSSR count). The van der Waals surface area contributed by atoms with Crippen LogP contribution in [0.2, 0.25) is 0 Å². The number of aromatic amines is 1. The first kappa shape index (κ1) is 9.54. The second kappa shape index (κ2) is 3.15. The molecule has 0 unspecified atom stereocenters. The number of nitrogens with one attached hydrogen (secondary N) is 1. The van der Waals surface area contributed by atoms with Crippen molar-refractivity contribution in [3.63, 3.8) is 0 Å². The van der Waals surface area contributed by atoms with E-state index in [0.717, 1.165) is 31.3 Å². The summed E-state index contributed by atoms with van der Waals surface area (Å²) in [6, 6.07) is 0. The van der Waals surface area contributed by atoms with Gasteiger partial charge in [-0.05, 0) is 44.3 Å². The maximum atomic E-state index is 5.43. The van der Waals surface area contributed by atoms with Crippen LogP contribution < -0.4 is 9.47 Å². The molecule has 1 aliphatic heterocycles. The fourth-order valence-electron chi connectivity index (χ4n) is 1.81. The molecule has 1 aromatic heterocycles.